The molecule has 2 amide bonds. The number of nitrogens with zero attached hydrogens (tertiary/aromatic N) is 1. The molecule has 1 heterocycles. The molecule has 1 aliphatic heterocycles. The number of halogens is 3. The number of methoxy groups -OCH3 is 1. The average molecular weight is 626 g/mol. The summed E-state index contributed by atoms with van der Waals surface area (Å²) in [7, 11) is 1.56. The van der Waals surface area contributed by atoms with Gasteiger partial charge in [0.2, 0.25) is 0 Å². The lowest BCUT2D eigenvalue weighted by atomic mass is 10.1. The lowest BCUT2D eigenvalue weighted by Gasteiger charge is -2.14. The number of hydrogen-bond acceptors (Lipinski definition) is 5. The maximum Gasteiger partial charge on any atom is 0.293 e. The largest absolute Gasteiger partial charge is 0.493 e. The molecule has 0 saturated carbocycles. The van der Waals surface area contributed by atoms with Gasteiger partial charge in [-0.2, -0.15) is 0 Å². The van der Waals surface area contributed by atoms with Gasteiger partial charge < -0.3 is 9.47 Å². The molecule has 0 bridgehead atoms. The van der Waals surface area contributed by atoms with Gasteiger partial charge in [0.1, 0.15) is 6.61 Å². The second-order valence-electron chi connectivity index (χ2n) is 7.34. The van der Waals surface area contributed by atoms with E-state index in [9.17, 15) is 9.59 Å². The molecule has 3 aromatic rings. The monoisotopic (exact) mass is 625 g/mol. The van der Waals surface area contributed by atoms with Crippen molar-refractivity contribution in [2.75, 3.05) is 7.11 Å². The van der Waals surface area contributed by atoms with E-state index in [0.717, 1.165) is 32.0 Å². The van der Waals surface area contributed by atoms with Crippen LogP contribution in [0.4, 0.5) is 4.79 Å². The summed E-state index contributed by atoms with van der Waals surface area (Å²) in [6.45, 7) is 0.546. The van der Waals surface area contributed by atoms with Crippen LogP contribution in [0.1, 0.15) is 16.7 Å². The van der Waals surface area contributed by atoms with E-state index >= 15 is 0 Å². The van der Waals surface area contributed by atoms with Gasteiger partial charge in [-0.1, -0.05) is 47.5 Å². The molecular weight excluding hydrogens is 608 g/mol. The highest BCUT2D eigenvalue weighted by Gasteiger charge is 2.35. The molecule has 0 aliphatic carbocycles. The highest BCUT2D eigenvalue weighted by atomic mass is 127. The average Bonchev–Trinajstić information content (AvgIpc) is 3.07. The highest BCUT2D eigenvalue weighted by molar-refractivity contribution is 14.1. The van der Waals surface area contributed by atoms with E-state index in [1.165, 1.54) is 4.90 Å². The van der Waals surface area contributed by atoms with Gasteiger partial charge in [0.25, 0.3) is 11.1 Å². The van der Waals surface area contributed by atoms with Crippen LogP contribution in [0.3, 0.4) is 0 Å². The molecule has 0 unspecified atom stereocenters. The Morgan fingerprint density at radius 3 is 2.21 bits per heavy atom. The van der Waals surface area contributed by atoms with Crippen LogP contribution in [-0.2, 0) is 17.9 Å². The van der Waals surface area contributed by atoms with Crippen LogP contribution in [0.5, 0.6) is 11.5 Å². The van der Waals surface area contributed by atoms with Crippen LogP contribution >= 0.6 is 57.6 Å². The fraction of sp³-hybridized carbons (Fsp3) is 0.120. The summed E-state index contributed by atoms with van der Waals surface area (Å²) in [5.74, 6) is 0.806. The van der Waals surface area contributed by atoms with Gasteiger partial charge >= 0.3 is 0 Å². The van der Waals surface area contributed by atoms with Crippen molar-refractivity contribution in [2.45, 2.75) is 13.2 Å². The predicted molar refractivity (Wildman–Crippen MR) is 144 cm³/mol. The summed E-state index contributed by atoms with van der Waals surface area (Å²) in [6.07, 6.45) is 1.69. The maximum atomic E-state index is 12.9. The van der Waals surface area contributed by atoms with E-state index in [1.807, 2.05) is 30.3 Å². The van der Waals surface area contributed by atoms with Gasteiger partial charge in [-0.05, 0) is 93.5 Å². The number of carbonyl (C=O) groups excluding carboxylic acids is 2. The molecule has 1 fully saturated rings. The molecule has 0 N–H and O–H groups in total. The van der Waals surface area contributed by atoms with Gasteiger partial charge in [0, 0.05) is 10.0 Å². The number of thioether (sulfide) groups is 1. The van der Waals surface area contributed by atoms with Gasteiger partial charge in [0.15, 0.2) is 11.5 Å². The van der Waals surface area contributed by atoms with Gasteiger partial charge in [0.05, 0.1) is 22.1 Å². The molecule has 4 rings (SSSR count). The first-order valence-corrected chi connectivity index (χ1v) is 12.7. The van der Waals surface area contributed by atoms with Crippen LogP contribution < -0.4 is 9.47 Å². The normalized spacial score (nSPS) is 14.7. The molecular formula is C25H18Cl2INO4S. The fourth-order valence-corrected chi connectivity index (χ4v) is 5.13. The van der Waals surface area contributed by atoms with E-state index in [1.54, 1.807) is 43.5 Å². The van der Waals surface area contributed by atoms with Gasteiger partial charge in [-0.25, -0.2) is 0 Å². The van der Waals surface area contributed by atoms with Gasteiger partial charge in [-0.15, -0.1) is 0 Å². The lowest BCUT2D eigenvalue weighted by Crippen LogP contribution is -2.27. The standard InChI is InChI=1S/C25H18Cl2INO4S/c1-32-21-11-17(10-20(28)23(21)33-14-16-4-8-19(27)9-5-16)12-22-24(30)29(25(31)34-22)13-15-2-6-18(26)7-3-15/h2-12H,13-14H2,1H3/b22-12-. The van der Waals surface area contributed by atoms with Crippen molar-refractivity contribution in [1.29, 1.82) is 0 Å². The van der Waals surface area contributed by atoms with Crippen LogP contribution in [-0.4, -0.2) is 23.2 Å². The van der Waals surface area contributed by atoms with Crippen molar-refractivity contribution in [3.8, 4) is 11.5 Å². The fourth-order valence-electron chi connectivity index (χ4n) is 3.26. The molecule has 1 aliphatic rings. The molecule has 0 aromatic heterocycles. The summed E-state index contributed by atoms with van der Waals surface area (Å²) in [6, 6.07) is 18.1. The minimum absolute atomic E-state index is 0.192. The van der Waals surface area contributed by atoms with Crippen molar-refractivity contribution in [3.63, 3.8) is 0 Å². The zero-order valence-corrected chi connectivity index (χ0v) is 22.4. The van der Waals surface area contributed by atoms with E-state index in [-0.39, 0.29) is 17.7 Å². The quantitative estimate of drug-likeness (QED) is 0.202. The third-order valence-corrected chi connectivity index (χ3v) is 7.19. The minimum Gasteiger partial charge on any atom is -0.493 e. The summed E-state index contributed by atoms with van der Waals surface area (Å²) >= 11 is 14.9. The van der Waals surface area contributed by atoms with Crippen molar-refractivity contribution in [1.82, 2.24) is 4.90 Å². The predicted octanol–water partition coefficient (Wildman–Crippen LogP) is 7.42. The van der Waals surface area contributed by atoms with Crippen LogP contribution in [0.2, 0.25) is 10.0 Å². The second kappa shape index (κ2) is 11.0. The number of ether oxygens (including phenoxy) is 2. The molecule has 1 saturated heterocycles. The van der Waals surface area contributed by atoms with Crippen LogP contribution in [0.25, 0.3) is 6.08 Å². The molecule has 174 valence electrons. The van der Waals surface area contributed by atoms with E-state index in [4.69, 9.17) is 32.7 Å². The Balaban J connectivity index is 1.52. The molecule has 0 spiro atoms. The van der Waals surface area contributed by atoms with Crippen molar-refractivity contribution >= 4 is 74.8 Å². The number of hydrogen-bond donors (Lipinski definition) is 0. The summed E-state index contributed by atoms with van der Waals surface area (Å²) in [5.41, 5.74) is 2.53. The van der Waals surface area contributed by atoms with Crippen molar-refractivity contribution < 1.29 is 19.1 Å². The first-order valence-electron chi connectivity index (χ1n) is 10.1. The number of imide groups is 1. The number of amides is 2. The molecule has 3 aromatic carbocycles. The summed E-state index contributed by atoms with van der Waals surface area (Å²) in [5, 5.41) is 0.954. The van der Waals surface area contributed by atoms with E-state index in [0.29, 0.717) is 33.1 Å². The number of rotatable bonds is 7. The Morgan fingerprint density at radius 1 is 0.971 bits per heavy atom. The Bertz CT molecular complexity index is 1260. The zero-order chi connectivity index (χ0) is 24.2. The Kier molecular flexibility index (Phi) is 8.08. The minimum atomic E-state index is -0.331. The molecule has 34 heavy (non-hydrogen) atoms. The zero-order valence-electron chi connectivity index (χ0n) is 17.9. The third kappa shape index (κ3) is 5.89. The number of benzene rings is 3. The third-order valence-electron chi connectivity index (χ3n) is 4.97. The molecule has 9 heteroatoms. The molecule has 0 atom stereocenters. The lowest BCUT2D eigenvalue weighted by molar-refractivity contribution is -0.123. The summed E-state index contributed by atoms with van der Waals surface area (Å²) < 4.78 is 12.4. The smallest absolute Gasteiger partial charge is 0.293 e. The Hall–Kier alpha value is -2.20. The highest BCUT2D eigenvalue weighted by Crippen LogP contribution is 2.38. The van der Waals surface area contributed by atoms with Crippen molar-refractivity contribution in [2.24, 2.45) is 0 Å². The first-order chi connectivity index (χ1) is 16.3. The Labute approximate surface area is 225 Å². The second-order valence-corrected chi connectivity index (χ2v) is 10.4. The first kappa shape index (κ1) is 24.9. The molecule has 5 nitrogen and oxygen atoms in total. The number of carbonyl (C=O) groups is 2. The van der Waals surface area contributed by atoms with E-state index in [2.05, 4.69) is 22.6 Å². The molecule has 0 radical (unpaired) electrons. The van der Waals surface area contributed by atoms with Crippen molar-refractivity contribution in [3.05, 3.63) is 95.9 Å². The Morgan fingerprint density at radius 2 is 1.59 bits per heavy atom. The maximum absolute atomic E-state index is 12.9. The summed E-state index contributed by atoms with van der Waals surface area (Å²) in [4.78, 5) is 27.0. The van der Waals surface area contributed by atoms with E-state index < -0.39 is 0 Å². The topological polar surface area (TPSA) is 55.8 Å². The van der Waals surface area contributed by atoms with Crippen LogP contribution in [0.15, 0.2) is 65.6 Å². The van der Waals surface area contributed by atoms with Gasteiger partial charge in [-0.3, -0.25) is 14.5 Å². The van der Waals surface area contributed by atoms with Crippen LogP contribution in [0, 0.1) is 3.57 Å². The SMILES string of the molecule is COc1cc(/C=C2\SC(=O)N(Cc3ccc(Cl)cc3)C2=O)cc(I)c1OCc1ccc(Cl)cc1.